The molecule has 132 valence electrons. The molecule has 0 bridgehead atoms. The molecular weight excluding hydrogens is 340 g/mol. The number of aliphatic hydroxyl groups excluding tert-OH is 1. The van der Waals surface area contributed by atoms with Crippen LogP contribution in [0, 0.1) is 5.92 Å². The molecule has 1 fully saturated rings. The molecule has 1 aromatic carbocycles. The third kappa shape index (κ3) is 4.30. The van der Waals surface area contributed by atoms with Gasteiger partial charge in [0, 0.05) is 29.4 Å². The van der Waals surface area contributed by atoms with Gasteiger partial charge in [0.15, 0.2) is 0 Å². The number of aromatic nitrogens is 1. The van der Waals surface area contributed by atoms with Gasteiger partial charge in [-0.25, -0.2) is 0 Å². The maximum Gasteiger partial charge on any atom is 0.255 e. The van der Waals surface area contributed by atoms with Crippen molar-refractivity contribution in [3.63, 3.8) is 0 Å². The SMILES string of the molecule is COc1ccc(Cl)cc1C(=O)N[C@H](Cc1ccccn1)C1CC(O)C1. The quantitative estimate of drug-likeness (QED) is 0.831. The van der Waals surface area contributed by atoms with Gasteiger partial charge in [0.1, 0.15) is 5.75 Å². The number of hydrogen-bond donors (Lipinski definition) is 2. The van der Waals surface area contributed by atoms with Gasteiger partial charge in [-0.15, -0.1) is 0 Å². The zero-order valence-corrected chi connectivity index (χ0v) is 14.7. The van der Waals surface area contributed by atoms with Crippen LogP contribution in [-0.2, 0) is 6.42 Å². The summed E-state index contributed by atoms with van der Waals surface area (Å²) in [5, 5.41) is 13.2. The highest BCUT2D eigenvalue weighted by molar-refractivity contribution is 6.31. The first-order valence-corrected chi connectivity index (χ1v) is 8.67. The summed E-state index contributed by atoms with van der Waals surface area (Å²) < 4.78 is 5.27. The van der Waals surface area contributed by atoms with E-state index in [1.807, 2.05) is 18.2 Å². The molecule has 3 rings (SSSR count). The van der Waals surface area contributed by atoms with Gasteiger partial charge in [-0.2, -0.15) is 0 Å². The average molecular weight is 361 g/mol. The molecule has 1 aromatic heterocycles. The van der Waals surface area contributed by atoms with Crippen LogP contribution in [0.1, 0.15) is 28.9 Å². The Balaban J connectivity index is 1.77. The van der Waals surface area contributed by atoms with Crippen LogP contribution in [0.2, 0.25) is 5.02 Å². The maximum atomic E-state index is 12.8. The lowest BCUT2D eigenvalue weighted by Gasteiger charge is -2.38. The van der Waals surface area contributed by atoms with Crippen molar-refractivity contribution in [1.29, 1.82) is 0 Å². The Labute approximate surface area is 152 Å². The van der Waals surface area contributed by atoms with E-state index < -0.39 is 0 Å². The molecule has 0 radical (unpaired) electrons. The minimum absolute atomic E-state index is 0.102. The van der Waals surface area contributed by atoms with Gasteiger partial charge in [-0.1, -0.05) is 17.7 Å². The third-order valence-electron chi connectivity index (χ3n) is 4.60. The second kappa shape index (κ2) is 7.85. The Morgan fingerprint density at radius 2 is 2.20 bits per heavy atom. The number of methoxy groups -OCH3 is 1. The minimum Gasteiger partial charge on any atom is -0.496 e. The number of carbonyl (C=O) groups is 1. The predicted octanol–water partition coefficient (Wildman–Crippen LogP) is 2.86. The largest absolute Gasteiger partial charge is 0.496 e. The Morgan fingerprint density at radius 3 is 2.84 bits per heavy atom. The number of halogens is 1. The summed E-state index contributed by atoms with van der Waals surface area (Å²) in [7, 11) is 1.52. The van der Waals surface area contributed by atoms with Crippen LogP contribution < -0.4 is 10.1 Å². The van der Waals surface area contributed by atoms with Crippen molar-refractivity contribution in [3.05, 3.63) is 58.9 Å². The number of hydrogen-bond acceptors (Lipinski definition) is 4. The van der Waals surface area contributed by atoms with E-state index in [1.165, 1.54) is 7.11 Å². The number of benzene rings is 1. The average Bonchev–Trinajstić information content (AvgIpc) is 2.59. The Hall–Kier alpha value is -2.11. The highest BCUT2D eigenvalue weighted by Gasteiger charge is 2.35. The molecule has 1 heterocycles. The summed E-state index contributed by atoms with van der Waals surface area (Å²) in [5.74, 6) is 0.472. The number of nitrogens with one attached hydrogen (secondary N) is 1. The highest BCUT2D eigenvalue weighted by atomic mass is 35.5. The molecule has 6 heteroatoms. The van der Waals surface area contributed by atoms with Gasteiger partial charge in [0.25, 0.3) is 5.91 Å². The van der Waals surface area contributed by atoms with E-state index in [2.05, 4.69) is 10.3 Å². The first kappa shape index (κ1) is 17.7. The zero-order valence-electron chi connectivity index (χ0n) is 14.0. The van der Waals surface area contributed by atoms with E-state index in [0.29, 0.717) is 35.6 Å². The summed E-state index contributed by atoms with van der Waals surface area (Å²) in [4.78, 5) is 17.1. The number of pyridine rings is 1. The molecule has 2 aromatic rings. The summed E-state index contributed by atoms with van der Waals surface area (Å²) in [6.45, 7) is 0. The van der Waals surface area contributed by atoms with E-state index in [9.17, 15) is 9.90 Å². The van der Waals surface area contributed by atoms with Crippen molar-refractivity contribution in [1.82, 2.24) is 10.3 Å². The molecule has 1 atom stereocenters. The van der Waals surface area contributed by atoms with Crippen molar-refractivity contribution in [3.8, 4) is 5.75 Å². The molecule has 0 spiro atoms. The van der Waals surface area contributed by atoms with Crippen LogP contribution >= 0.6 is 11.6 Å². The number of nitrogens with zero attached hydrogens (tertiary/aromatic N) is 1. The van der Waals surface area contributed by atoms with Crippen LogP contribution in [0.5, 0.6) is 5.75 Å². The molecule has 0 saturated heterocycles. The Kier molecular flexibility index (Phi) is 5.56. The molecule has 0 aliphatic heterocycles. The van der Waals surface area contributed by atoms with Crippen molar-refractivity contribution >= 4 is 17.5 Å². The molecular formula is C19H21ClN2O3. The standard InChI is InChI=1S/C19H21ClN2O3/c1-25-18-6-5-13(20)10-16(18)19(24)22-17(12-8-15(23)9-12)11-14-4-2-3-7-21-14/h2-7,10,12,15,17,23H,8-9,11H2,1H3,(H,22,24)/t12?,15?,17-/m1/s1. The van der Waals surface area contributed by atoms with Crippen molar-refractivity contribution < 1.29 is 14.6 Å². The van der Waals surface area contributed by atoms with Crippen LogP contribution in [0.25, 0.3) is 0 Å². The van der Waals surface area contributed by atoms with Crippen molar-refractivity contribution in [2.24, 2.45) is 5.92 Å². The molecule has 1 amide bonds. The Morgan fingerprint density at radius 1 is 1.40 bits per heavy atom. The summed E-state index contributed by atoms with van der Waals surface area (Å²) in [6, 6.07) is 10.6. The van der Waals surface area contributed by atoms with Gasteiger partial charge >= 0.3 is 0 Å². The highest BCUT2D eigenvalue weighted by Crippen LogP contribution is 2.32. The molecule has 25 heavy (non-hydrogen) atoms. The lowest BCUT2D eigenvalue weighted by atomic mass is 9.76. The maximum absolute atomic E-state index is 12.8. The summed E-state index contributed by atoms with van der Waals surface area (Å²) in [5.41, 5.74) is 1.31. The second-order valence-electron chi connectivity index (χ2n) is 6.34. The second-order valence-corrected chi connectivity index (χ2v) is 6.77. The number of rotatable bonds is 6. The lowest BCUT2D eigenvalue weighted by molar-refractivity contribution is 0.0237. The Bertz CT molecular complexity index is 733. The van der Waals surface area contributed by atoms with Crippen LogP contribution in [0.4, 0.5) is 0 Å². The zero-order chi connectivity index (χ0) is 17.8. The van der Waals surface area contributed by atoms with Crippen LogP contribution in [-0.4, -0.2) is 35.3 Å². The minimum atomic E-state index is -0.283. The van der Waals surface area contributed by atoms with Gasteiger partial charge in [-0.05, 0) is 49.1 Å². The molecule has 0 unspecified atom stereocenters. The van der Waals surface area contributed by atoms with Crippen LogP contribution in [0.15, 0.2) is 42.6 Å². The van der Waals surface area contributed by atoms with E-state index in [1.54, 1.807) is 24.4 Å². The number of aliphatic hydroxyl groups is 1. The topological polar surface area (TPSA) is 71.5 Å². The number of carbonyl (C=O) groups excluding carboxylic acids is 1. The smallest absolute Gasteiger partial charge is 0.255 e. The summed E-state index contributed by atoms with van der Waals surface area (Å²) >= 11 is 6.03. The summed E-state index contributed by atoms with van der Waals surface area (Å²) in [6.07, 6.45) is 3.44. The molecule has 1 saturated carbocycles. The van der Waals surface area contributed by atoms with E-state index >= 15 is 0 Å². The molecule has 1 aliphatic carbocycles. The fourth-order valence-corrected chi connectivity index (χ4v) is 3.31. The fourth-order valence-electron chi connectivity index (χ4n) is 3.14. The molecule has 1 aliphatic rings. The van der Waals surface area contributed by atoms with Gasteiger partial charge in [0.05, 0.1) is 18.8 Å². The van der Waals surface area contributed by atoms with Gasteiger partial charge in [-0.3, -0.25) is 9.78 Å². The van der Waals surface area contributed by atoms with Gasteiger partial charge < -0.3 is 15.2 Å². The normalized spacial score (nSPS) is 20.4. The van der Waals surface area contributed by atoms with Crippen molar-refractivity contribution in [2.45, 2.75) is 31.4 Å². The predicted molar refractivity (Wildman–Crippen MR) is 95.9 cm³/mol. The molecule has 5 nitrogen and oxygen atoms in total. The van der Waals surface area contributed by atoms with Crippen LogP contribution in [0.3, 0.4) is 0 Å². The lowest BCUT2D eigenvalue weighted by Crippen LogP contribution is -2.48. The molecule has 2 N–H and O–H groups in total. The van der Waals surface area contributed by atoms with E-state index in [4.69, 9.17) is 16.3 Å². The number of amides is 1. The van der Waals surface area contributed by atoms with Crippen molar-refractivity contribution in [2.75, 3.05) is 7.11 Å². The monoisotopic (exact) mass is 360 g/mol. The van der Waals surface area contributed by atoms with E-state index in [-0.39, 0.29) is 24.0 Å². The van der Waals surface area contributed by atoms with E-state index in [0.717, 1.165) is 5.69 Å². The third-order valence-corrected chi connectivity index (χ3v) is 4.83. The first-order valence-electron chi connectivity index (χ1n) is 8.29. The first-order chi connectivity index (χ1) is 12.1. The number of ether oxygens (including phenoxy) is 1. The van der Waals surface area contributed by atoms with Gasteiger partial charge in [0.2, 0.25) is 0 Å². The fraction of sp³-hybridized carbons (Fsp3) is 0.368.